The molecule has 2 unspecified atom stereocenters. The third-order valence-corrected chi connectivity index (χ3v) is 6.88. The maximum atomic E-state index is 12.8. The fourth-order valence-corrected chi connectivity index (χ4v) is 4.66. The summed E-state index contributed by atoms with van der Waals surface area (Å²) in [6.07, 6.45) is 5.49. The van der Waals surface area contributed by atoms with Crippen LogP contribution in [-0.2, 0) is 0 Å². The summed E-state index contributed by atoms with van der Waals surface area (Å²) in [5, 5.41) is 6.28. The number of halogens is 2. The molecule has 2 atom stereocenters. The molecular weight excluding hydrogens is 485 g/mol. The van der Waals surface area contributed by atoms with Crippen molar-refractivity contribution < 1.29 is 9.59 Å². The van der Waals surface area contributed by atoms with Gasteiger partial charge >= 0.3 is 0 Å². The number of anilines is 1. The van der Waals surface area contributed by atoms with Crippen molar-refractivity contribution in [2.24, 2.45) is 0 Å². The molecule has 0 saturated heterocycles. The summed E-state index contributed by atoms with van der Waals surface area (Å²) in [4.78, 5) is 37.3. The van der Waals surface area contributed by atoms with Gasteiger partial charge < -0.3 is 15.6 Å². The van der Waals surface area contributed by atoms with Gasteiger partial charge in [0.15, 0.2) is 0 Å². The molecule has 1 aliphatic carbocycles. The van der Waals surface area contributed by atoms with Crippen molar-refractivity contribution >= 4 is 51.9 Å². The van der Waals surface area contributed by atoms with E-state index in [1.54, 1.807) is 36.4 Å². The number of aromatic nitrogens is 3. The molecule has 5 rings (SSSR count). The molecule has 3 N–H and O–H groups in total. The molecule has 2 heterocycles. The third-order valence-electron chi connectivity index (χ3n) is 6.13. The van der Waals surface area contributed by atoms with Crippen LogP contribution in [0.4, 0.5) is 5.82 Å². The number of nitrogens with one attached hydrogen (secondary N) is 3. The summed E-state index contributed by atoms with van der Waals surface area (Å²) in [7, 11) is 0. The minimum absolute atomic E-state index is 0.00266. The normalized spacial score (nSPS) is 17.8. The number of carbonyl (C=O) groups excluding carboxylic acids is 2. The highest BCUT2D eigenvalue weighted by atomic mass is 35.5. The molecule has 0 spiro atoms. The Labute approximate surface area is 212 Å². The Kier molecular flexibility index (Phi) is 6.70. The van der Waals surface area contributed by atoms with Crippen LogP contribution in [0.15, 0.2) is 60.8 Å². The van der Waals surface area contributed by atoms with E-state index in [2.05, 4.69) is 25.6 Å². The van der Waals surface area contributed by atoms with Crippen LogP contribution >= 0.6 is 23.2 Å². The van der Waals surface area contributed by atoms with Gasteiger partial charge in [0.25, 0.3) is 11.8 Å². The number of benzene rings is 2. The highest BCUT2D eigenvalue weighted by molar-refractivity contribution is 6.30. The van der Waals surface area contributed by atoms with Crippen LogP contribution in [0.25, 0.3) is 22.4 Å². The molecule has 7 nitrogen and oxygen atoms in total. The van der Waals surface area contributed by atoms with Gasteiger partial charge in [-0.25, -0.2) is 9.97 Å². The van der Waals surface area contributed by atoms with Gasteiger partial charge in [0.1, 0.15) is 11.6 Å². The van der Waals surface area contributed by atoms with Crippen molar-refractivity contribution in [1.29, 1.82) is 0 Å². The van der Waals surface area contributed by atoms with Crippen LogP contribution in [0.3, 0.4) is 0 Å². The van der Waals surface area contributed by atoms with Crippen molar-refractivity contribution in [3.63, 3.8) is 0 Å². The van der Waals surface area contributed by atoms with E-state index in [1.165, 1.54) is 6.20 Å². The fraction of sp³-hybridized carbons (Fsp3) is 0.231. The van der Waals surface area contributed by atoms with E-state index in [0.717, 1.165) is 42.3 Å². The summed E-state index contributed by atoms with van der Waals surface area (Å²) >= 11 is 12.2. The van der Waals surface area contributed by atoms with Crippen LogP contribution in [0.1, 0.15) is 46.4 Å². The maximum absolute atomic E-state index is 12.8. The summed E-state index contributed by atoms with van der Waals surface area (Å²) in [6, 6.07) is 15.8. The maximum Gasteiger partial charge on any atom is 0.256 e. The van der Waals surface area contributed by atoms with Crippen LogP contribution < -0.4 is 10.6 Å². The highest BCUT2D eigenvalue weighted by Gasteiger charge is 2.25. The molecule has 0 radical (unpaired) electrons. The molecule has 1 fully saturated rings. The van der Waals surface area contributed by atoms with Crippen molar-refractivity contribution in [3.8, 4) is 11.4 Å². The Morgan fingerprint density at radius 2 is 1.71 bits per heavy atom. The lowest BCUT2D eigenvalue weighted by Gasteiger charge is -2.27. The van der Waals surface area contributed by atoms with Gasteiger partial charge in [-0.1, -0.05) is 36.6 Å². The number of aromatic amines is 1. The molecule has 4 aromatic rings. The number of rotatable bonds is 5. The van der Waals surface area contributed by atoms with E-state index in [1.807, 2.05) is 18.2 Å². The van der Waals surface area contributed by atoms with Gasteiger partial charge in [-0.15, -0.1) is 11.6 Å². The fourth-order valence-electron chi connectivity index (χ4n) is 4.21. The van der Waals surface area contributed by atoms with Gasteiger partial charge in [-0.3, -0.25) is 9.59 Å². The Morgan fingerprint density at radius 1 is 0.943 bits per heavy atom. The van der Waals surface area contributed by atoms with Crippen LogP contribution in [0, 0.1) is 0 Å². The summed E-state index contributed by atoms with van der Waals surface area (Å²) in [5.74, 6) is 0.664. The van der Waals surface area contributed by atoms with Crippen LogP contribution in [-0.4, -0.2) is 38.2 Å². The Morgan fingerprint density at radius 3 is 2.46 bits per heavy atom. The summed E-state index contributed by atoms with van der Waals surface area (Å²) in [5.41, 5.74) is 3.38. The number of amides is 2. The molecular formula is C26H23Cl2N5O2. The SMILES string of the molecule is O=C(Nc1ccc(Cl)cn1)c1ccc(-c2nc3ccc(C(=O)NC4CCCCC4Cl)cc3[nH]2)cc1. The van der Waals surface area contributed by atoms with Crippen molar-refractivity contribution in [3.05, 3.63) is 76.9 Å². The molecule has 1 saturated carbocycles. The van der Waals surface area contributed by atoms with Gasteiger partial charge in [0, 0.05) is 28.9 Å². The summed E-state index contributed by atoms with van der Waals surface area (Å²) in [6.45, 7) is 0. The number of pyridine rings is 1. The van der Waals surface area contributed by atoms with E-state index in [4.69, 9.17) is 23.2 Å². The van der Waals surface area contributed by atoms with Gasteiger partial charge in [0.2, 0.25) is 0 Å². The smallest absolute Gasteiger partial charge is 0.256 e. The molecule has 9 heteroatoms. The Hall–Kier alpha value is -3.42. The molecule has 1 aliphatic rings. The quantitative estimate of drug-likeness (QED) is 0.296. The van der Waals surface area contributed by atoms with E-state index >= 15 is 0 Å². The van der Waals surface area contributed by atoms with Crippen LogP contribution in [0.2, 0.25) is 5.02 Å². The zero-order valence-electron chi connectivity index (χ0n) is 18.7. The van der Waals surface area contributed by atoms with Crippen molar-refractivity contribution in [2.45, 2.75) is 37.1 Å². The lowest BCUT2D eigenvalue weighted by molar-refractivity contribution is 0.0928. The Balaban J connectivity index is 1.29. The topological polar surface area (TPSA) is 99.8 Å². The predicted octanol–water partition coefficient (Wildman–Crippen LogP) is 5.81. The van der Waals surface area contributed by atoms with Gasteiger partial charge in [0.05, 0.1) is 21.4 Å². The molecule has 2 aromatic heterocycles. The number of imidazole rings is 1. The van der Waals surface area contributed by atoms with Gasteiger partial charge in [-0.2, -0.15) is 0 Å². The van der Waals surface area contributed by atoms with Crippen molar-refractivity contribution in [2.75, 3.05) is 5.32 Å². The summed E-state index contributed by atoms with van der Waals surface area (Å²) < 4.78 is 0. The minimum Gasteiger partial charge on any atom is -0.348 e. The first-order valence-electron chi connectivity index (χ1n) is 11.4. The number of nitrogens with zero attached hydrogens (tertiary/aromatic N) is 2. The van der Waals surface area contributed by atoms with E-state index in [9.17, 15) is 9.59 Å². The number of carbonyl (C=O) groups is 2. The number of fused-ring (bicyclic) bond motifs is 1. The first kappa shape index (κ1) is 23.3. The zero-order valence-corrected chi connectivity index (χ0v) is 20.2. The Bertz CT molecular complexity index is 1370. The highest BCUT2D eigenvalue weighted by Crippen LogP contribution is 2.25. The first-order chi connectivity index (χ1) is 17.0. The van der Waals surface area contributed by atoms with E-state index in [-0.39, 0.29) is 23.2 Å². The molecule has 178 valence electrons. The number of alkyl halides is 1. The average molecular weight is 508 g/mol. The average Bonchev–Trinajstić information content (AvgIpc) is 3.30. The third kappa shape index (κ3) is 5.31. The predicted molar refractivity (Wildman–Crippen MR) is 138 cm³/mol. The standard InChI is InChI=1S/C26H23Cl2N5O2/c27-18-10-12-23(29-14-18)33-25(34)16-7-5-15(6-8-16)24-30-21-11-9-17(13-22(21)31-24)26(35)32-20-4-2-1-3-19(20)28/h5-14,19-20H,1-4H2,(H,30,31)(H,32,35)(H,29,33,34). The second-order valence-electron chi connectivity index (χ2n) is 8.59. The molecule has 2 amide bonds. The first-order valence-corrected chi connectivity index (χ1v) is 12.3. The number of hydrogen-bond donors (Lipinski definition) is 3. The molecule has 0 bridgehead atoms. The molecule has 0 aliphatic heterocycles. The number of H-pyrrole nitrogens is 1. The molecule has 35 heavy (non-hydrogen) atoms. The lowest BCUT2D eigenvalue weighted by Crippen LogP contribution is -2.42. The van der Waals surface area contributed by atoms with E-state index in [0.29, 0.717) is 27.8 Å². The largest absolute Gasteiger partial charge is 0.348 e. The molecule has 2 aromatic carbocycles. The van der Waals surface area contributed by atoms with Crippen molar-refractivity contribution in [1.82, 2.24) is 20.3 Å². The minimum atomic E-state index is -0.274. The van der Waals surface area contributed by atoms with Gasteiger partial charge in [-0.05, 0) is 55.3 Å². The zero-order chi connectivity index (χ0) is 24.4. The monoisotopic (exact) mass is 507 g/mol. The van der Waals surface area contributed by atoms with E-state index < -0.39 is 0 Å². The lowest BCUT2D eigenvalue weighted by atomic mass is 9.94. The number of hydrogen-bond acceptors (Lipinski definition) is 4. The second-order valence-corrected chi connectivity index (χ2v) is 9.59. The van der Waals surface area contributed by atoms with Crippen LogP contribution in [0.5, 0.6) is 0 Å². The second kappa shape index (κ2) is 10.1.